The third-order valence-electron chi connectivity index (χ3n) is 2.65. The Morgan fingerprint density at radius 1 is 1.37 bits per heavy atom. The van der Waals surface area contributed by atoms with Gasteiger partial charge in [-0.05, 0) is 37.6 Å². The Kier molecular flexibility index (Phi) is 4.16. The third-order valence-corrected chi connectivity index (χ3v) is 3.61. The summed E-state index contributed by atoms with van der Waals surface area (Å²) in [5, 5.41) is 9.25. The Morgan fingerprint density at radius 2 is 2.16 bits per heavy atom. The van der Waals surface area contributed by atoms with Gasteiger partial charge in [0.25, 0.3) is 0 Å². The molecule has 0 spiro atoms. The number of aryl methyl sites for hydroxylation is 2. The fraction of sp³-hybridized carbons (Fsp3) is 0.286. The minimum atomic E-state index is -0.0536. The molecule has 0 fully saturated rings. The zero-order valence-corrected chi connectivity index (χ0v) is 12.1. The number of aromatic nitrogens is 1. The van der Waals surface area contributed by atoms with E-state index in [1.165, 1.54) is 6.92 Å². The predicted octanol–water partition coefficient (Wildman–Crippen LogP) is 3.33. The Hall–Kier alpha value is -1.88. The van der Waals surface area contributed by atoms with E-state index in [9.17, 15) is 4.79 Å². The lowest BCUT2D eigenvalue weighted by atomic mass is 10.1. The monoisotopic (exact) mass is 275 g/mol. The van der Waals surface area contributed by atoms with E-state index >= 15 is 0 Å². The number of hydrogen-bond donors (Lipinski definition) is 2. The summed E-state index contributed by atoms with van der Waals surface area (Å²) < 4.78 is 0. The van der Waals surface area contributed by atoms with E-state index in [0.29, 0.717) is 0 Å². The minimum Gasteiger partial charge on any atom is -0.379 e. The van der Waals surface area contributed by atoms with Crippen molar-refractivity contribution in [1.29, 1.82) is 0 Å². The van der Waals surface area contributed by atoms with Crippen LogP contribution in [0.25, 0.3) is 0 Å². The molecule has 1 aromatic carbocycles. The molecular formula is C14H17N3OS. The second-order valence-electron chi connectivity index (χ2n) is 4.45. The fourth-order valence-electron chi connectivity index (χ4n) is 1.77. The highest BCUT2D eigenvalue weighted by Crippen LogP contribution is 2.20. The quantitative estimate of drug-likeness (QED) is 0.900. The van der Waals surface area contributed by atoms with Gasteiger partial charge < -0.3 is 10.6 Å². The summed E-state index contributed by atoms with van der Waals surface area (Å²) in [5.41, 5.74) is 3.97. The van der Waals surface area contributed by atoms with Crippen LogP contribution in [0.1, 0.15) is 23.2 Å². The van der Waals surface area contributed by atoms with Crippen molar-refractivity contribution in [2.75, 3.05) is 10.6 Å². The van der Waals surface area contributed by atoms with Crippen molar-refractivity contribution in [3.05, 3.63) is 39.8 Å². The molecule has 2 aromatic rings. The molecule has 1 heterocycles. The van der Waals surface area contributed by atoms with E-state index in [1.54, 1.807) is 11.3 Å². The topological polar surface area (TPSA) is 54.0 Å². The molecule has 0 bridgehead atoms. The lowest BCUT2D eigenvalue weighted by molar-refractivity contribution is -0.114. The van der Waals surface area contributed by atoms with Gasteiger partial charge in [0.05, 0.1) is 6.54 Å². The van der Waals surface area contributed by atoms with Crippen LogP contribution in [0.3, 0.4) is 0 Å². The number of carbonyl (C=O) groups is 1. The summed E-state index contributed by atoms with van der Waals surface area (Å²) in [6.45, 7) is 6.20. The molecule has 0 aliphatic carbocycles. The number of anilines is 2. The van der Waals surface area contributed by atoms with Crippen molar-refractivity contribution in [2.45, 2.75) is 27.3 Å². The standard InChI is InChI=1S/C14H17N3OS/c1-9-6-12(4-5-13(9)17-11(3)18)15-7-14-16-10(2)8-19-14/h4-6,8,15H,7H2,1-3H3,(H,17,18). The molecule has 5 heteroatoms. The van der Waals surface area contributed by atoms with Gasteiger partial charge >= 0.3 is 0 Å². The number of thiazole rings is 1. The van der Waals surface area contributed by atoms with E-state index in [2.05, 4.69) is 15.6 Å². The van der Waals surface area contributed by atoms with Crippen molar-refractivity contribution in [3.8, 4) is 0 Å². The molecule has 0 unspecified atom stereocenters. The Morgan fingerprint density at radius 3 is 2.74 bits per heavy atom. The number of hydrogen-bond acceptors (Lipinski definition) is 4. The fourth-order valence-corrected chi connectivity index (χ4v) is 2.48. The van der Waals surface area contributed by atoms with Gasteiger partial charge in [-0.15, -0.1) is 11.3 Å². The molecule has 0 radical (unpaired) electrons. The molecular weight excluding hydrogens is 258 g/mol. The van der Waals surface area contributed by atoms with E-state index in [0.717, 1.165) is 34.2 Å². The lowest BCUT2D eigenvalue weighted by Gasteiger charge is -2.10. The molecule has 100 valence electrons. The predicted molar refractivity (Wildman–Crippen MR) is 79.7 cm³/mol. The summed E-state index contributed by atoms with van der Waals surface area (Å²) in [4.78, 5) is 15.4. The number of carbonyl (C=O) groups excluding carboxylic acids is 1. The molecule has 0 atom stereocenters. The van der Waals surface area contributed by atoms with Crippen molar-refractivity contribution in [3.63, 3.8) is 0 Å². The SMILES string of the molecule is CC(=O)Nc1ccc(NCc2nc(C)cs2)cc1C. The number of amides is 1. The normalized spacial score (nSPS) is 10.3. The minimum absolute atomic E-state index is 0.0536. The van der Waals surface area contributed by atoms with Crippen LogP contribution in [0.5, 0.6) is 0 Å². The van der Waals surface area contributed by atoms with E-state index < -0.39 is 0 Å². The number of nitrogens with one attached hydrogen (secondary N) is 2. The second kappa shape index (κ2) is 5.84. The average Bonchev–Trinajstić information content (AvgIpc) is 2.75. The van der Waals surface area contributed by atoms with Crippen molar-refractivity contribution < 1.29 is 4.79 Å². The highest BCUT2D eigenvalue weighted by Gasteiger charge is 2.03. The highest BCUT2D eigenvalue weighted by atomic mass is 32.1. The van der Waals surface area contributed by atoms with Crippen molar-refractivity contribution in [1.82, 2.24) is 4.98 Å². The maximum Gasteiger partial charge on any atom is 0.221 e. The molecule has 2 N–H and O–H groups in total. The van der Waals surface area contributed by atoms with Gasteiger partial charge in [0, 0.05) is 29.4 Å². The van der Waals surface area contributed by atoms with Crippen molar-refractivity contribution in [2.24, 2.45) is 0 Å². The van der Waals surface area contributed by atoms with Crippen LogP contribution < -0.4 is 10.6 Å². The van der Waals surface area contributed by atoms with Gasteiger partial charge in [0.1, 0.15) is 5.01 Å². The highest BCUT2D eigenvalue weighted by molar-refractivity contribution is 7.09. The maximum atomic E-state index is 11.0. The molecule has 0 aliphatic heterocycles. The Labute approximate surface area is 116 Å². The van der Waals surface area contributed by atoms with Gasteiger partial charge in [-0.1, -0.05) is 0 Å². The molecule has 2 rings (SSSR count). The Balaban J connectivity index is 2.01. The first-order valence-electron chi connectivity index (χ1n) is 6.07. The van der Waals surface area contributed by atoms with Crippen LogP contribution in [-0.4, -0.2) is 10.9 Å². The molecule has 1 amide bonds. The first-order chi connectivity index (χ1) is 9.04. The summed E-state index contributed by atoms with van der Waals surface area (Å²) in [5.74, 6) is -0.0536. The van der Waals surface area contributed by atoms with Gasteiger partial charge in [-0.3, -0.25) is 4.79 Å². The van der Waals surface area contributed by atoms with Gasteiger partial charge in [-0.2, -0.15) is 0 Å². The molecule has 0 saturated carbocycles. The van der Waals surface area contributed by atoms with Crippen LogP contribution in [0.4, 0.5) is 11.4 Å². The van der Waals surface area contributed by atoms with Crippen LogP contribution in [-0.2, 0) is 11.3 Å². The van der Waals surface area contributed by atoms with Crippen LogP contribution >= 0.6 is 11.3 Å². The summed E-state index contributed by atoms with van der Waals surface area (Å²) >= 11 is 1.65. The smallest absolute Gasteiger partial charge is 0.221 e. The van der Waals surface area contributed by atoms with E-state index in [4.69, 9.17) is 0 Å². The van der Waals surface area contributed by atoms with Gasteiger partial charge in [0.15, 0.2) is 0 Å². The van der Waals surface area contributed by atoms with E-state index in [-0.39, 0.29) is 5.91 Å². The molecule has 0 aliphatic rings. The van der Waals surface area contributed by atoms with Crippen LogP contribution in [0.15, 0.2) is 23.6 Å². The van der Waals surface area contributed by atoms with Gasteiger partial charge in [0.2, 0.25) is 5.91 Å². The molecule has 4 nitrogen and oxygen atoms in total. The summed E-state index contributed by atoms with van der Waals surface area (Å²) in [6, 6.07) is 5.89. The first-order valence-corrected chi connectivity index (χ1v) is 6.95. The second-order valence-corrected chi connectivity index (χ2v) is 5.39. The average molecular weight is 275 g/mol. The lowest BCUT2D eigenvalue weighted by Crippen LogP contribution is -2.07. The van der Waals surface area contributed by atoms with Crippen LogP contribution in [0, 0.1) is 13.8 Å². The zero-order valence-electron chi connectivity index (χ0n) is 11.3. The summed E-state index contributed by atoms with van der Waals surface area (Å²) in [7, 11) is 0. The maximum absolute atomic E-state index is 11.0. The Bertz CT molecular complexity index is 592. The van der Waals surface area contributed by atoms with Gasteiger partial charge in [-0.25, -0.2) is 4.98 Å². The number of benzene rings is 1. The van der Waals surface area contributed by atoms with E-state index in [1.807, 2.05) is 37.4 Å². The largest absolute Gasteiger partial charge is 0.379 e. The third kappa shape index (κ3) is 3.79. The molecule has 19 heavy (non-hydrogen) atoms. The first kappa shape index (κ1) is 13.5. The number of nitrogens with zero attached hydrogens (tertiary/aromatic N) is 1. The van der Waals surface area contributed by atoms with Crippen molar-refractivity contribution >= 4 is 28.6 Å². The molecule has 1 aromatic heterocycles. The molecule has 0 saturated heterocycles. The zero-order chi connectivity index (χ0) is 13.8. The van der Waals surface area contributed by atoms with Crippen LogP contribution in [0.2, 0.25) is 0 Å². The summed E-state index contributed by atoms with van der Waals surface area (Å²) in [6.07, 6.45) is 0. The number of rotatable bonds is 4.